The first kappa shape index (κ1) is 18.7. The van der Waals surface area contributed by atoms with Crippen LogP contribution in [0.15, 0.2) is 18.2 Å². The fourth-order valence-electron chi connectivity index (χ4n) is 2.39. The monoisotopic (exact) mass is 375 g/mol. The number of benzene rings is 1. The van der Waals surface area contributed by atoms with E-state index in [4.69, 9.17) is 32.7 Å². The first-order valence-corrected chi connectivity index (χ1v) is 8.17. The second-order valence-electron chi connectivity index (χ2n) is 6.51. The highest BCUT2D eigenvalue weighted by atomic mass is 35.5. The number of nitrogens with zero attached hydrogens (tertiary/aromatic N) is 1. The van der Waals surface area contributed by atoms with Crippen molar-refractivity contribution in [3.05, 3.63) is 28.2 Å². The molecule has 0 aliphatic carbocycles. The van der Waals surface area contributed by atoms with Crippen LogP contribution < -0.4 is 4.74 Å². The average Bonchev–Trinajstić information content (AvgIpc) is 2.86. The van der Waals surface area contributed by atoms with Crippen LogP contribution in [0.1, 0.15) is 27.2 Å². The summed E-state index contributed by atoms with van der Waals surface area (Å²) in [7, 11) is 0. The number of aliphatic carboxylic acids is 1. The molecule has 0 saturated carbocycles. The molecule has 0 bridgehead atoms. The van der Waals surface area contributed by atoms with Gasteiger partial charge in [0, 0.05) is 6.42 Å². The lowest BCUT2D eigenvalue weighted by Crippen LogP contribution is -2.43. The summed E-state index contributed by atoms with van der Waals surface area (Å²) in [5.41, 5.74) is -0.713. The van der Waals surface area contributed by atoms with E-state index in [-0.39, 0.29) is 18.0 Å². The molecule has 1 fully saturated rings. The van der Waals surface area contributed by atoms with Crippen LogP contribution in [0.2, 0.25) is 10.0 Å². The Morgan fingerprint density at radius 3 is 2.54 bits per heavy atom. The van der Waals surface area contributed by atoms with Crippen LogP contribution in [0, 0.1) is 0 Å². The highest BCUT2D eigenvalue weighted by Gasteiger charge is 2.42. The minimum Gasteiger partial charge on any atom is -0.487 e. The highest BCUT2D eigenvalue weighted by Crippen LogP contribution is 2.34. The number of halogens is 2. The fourth-order valence-corrected chi connectivity index (χ4v) is 2.73. The van der Waals surface area contributed by atoms with Gasteiger partial charge in [0.2, 0.25) is 0 Å². The van der Waals surface area contributed by atoms with Crippen molar-refractivity contribution in [3.63, 3.8) is 0 Å². The summed E-state index contributed by atoms with van der Waals surface area (Å²) in [5.74, 6) is -0.756. The second kappa shape index (κ2) is 7.07. The van der Waals surface area contributed by atoms with Crippen LogP contribution in [0.3, 0.4) is 0 Å². The van der Waals surface area contributed by atoms with Crippen LogP contribution in [-0.4, -0.2) is 46.4 Å². The molecule has 2 atom stereocenters. The van der Waals surface area contributed by atoms with Crippen molar-refractivity contribution in [3.8, 4) is 5.75 Å². The molecule has 0 aromatic heterocycles. The third kappa shape index (κ3) is 4.45. The predicted molar refractivity (Wildman–Crippen MR) is 89.9 cm³/mol. The van der Waals surface area contributed by atoms with Gasteiger partial charge < -0.3 is 14.6 Å². The van der Waals surface area contributed by atoms with Gasteiger partial charge in [0.25, 0.3) is 0 Å². The number of hydrogen-bond acceptors (Lipinski definition) is 4. The first-order valence-electron chi connectivity index (χ1n) is 7.41. The summed E-state index contributed by atoms with van der Waals surface area (Å²) in [4.78, 5) is 24.8. The van der Waals surface area contributed by atoms with Gasteiger partial charge in [-0.25, -0.2) is 9.59 Å². The Bertz CT molecular complexity index is 644. The Morgan fingerprint density at radius 1 is 1.29 bits per heavy atom. The normalized spacial score (nSPS) is 20.8. The van der Waals surface area contributed by atoms with Gasteiger partial charge in [0.15, 0.2) is 0 Å². The largest absolute Gasteiger partial charge is 0.487 e. The standard InChI is InChI=1S/C16H19Cl2NO5/c1-16(2,3)24-15(22)19-8-9(7-11(19)14(20)21)23-12-6-4-5-10(17)13(12)18/h4-6,9,11H,7-8H2,1-3H3,(H,20,21). The maximum Gasteiger partial charge on any atom is 0.411 e. The van der Waals surface area contributed by atoms with Crippen molar-refractivity contribution in [2.45, 2.75) is 44.9 Å². The SMILES string of the molecule is CC(C)(C)OC(=O)N1CC(Oc2cccc(Cl)c2Cl)CC1C(=O)O. The molecule has 1 amide bonds. The molecule has 6 nitrogen and oxygen atoms in total. The summed E-state index contributed by atoms with van der Waals surface area (Å²) in [6, 6.07) is 3.93. The summed E-state index contributed by atoms with van der Waals surface area (Å²) in [6.07, 6.45) is -1.06. The Balaban J connectivity index is 2.13. The zero-order chi connectivity index (χ0) is 18.1. The number of carbonyl (C=O) groups is 2. The molecule has 1 aliphatic heterocycles. The van der Waals surface area contributed by atoms with Gasteiger partial charge in [-0.15, -0.1) is 0 Å². The lowest BCUT2D eigenvalue weighted by Gasteiger charge is -2.26. The zero-order valence-electron chi connectivity index (χ0n) is 13.6. The van der Waals surface area contributed by atoms with Gasteiger partial charge in [-0.05, 0) is 32.9 Å². The third-order valence-electron chi connectivity index (χ3n) is 3.39. The molecule has 2 unspecified atom stereocenters. The van der Waals surface area contributed by atoms with E-state index in [0.717, 1.165) is 4.90 Å². The molecular formula is C16H19Cl2NO5. The van der Waals surface area contributed by atoms with E-state index in [0.29, 0.717) is 10.8 Å². The van der Waals surface area contributed by atoms with E-state index >= 15 is 0 Å². The molecule has 0 spiro atoms. The molecule has 24 heavy (non-hydrogen) atoms. The average molecular weight is 376 g/mol. The van der Waals surface area contributed by atoms with E-state index < -0.39 is 29.8 Å². The molecule has 1 heterocycles. The maximum atomic E-state index is 12.2. The topological polar surface area (TPSA) is 76.1 Å². The molecule has 1 aromatic carbocycles. The molecular weight excluding hydrogens is 357 g/mol. The van der Waals surface area contributed by atoms with E-state index in [1.807, 2.05) is 0 Å². The van der Waals surface area contributed by atoms with Crippen molar-refractivity contribution in [1.29, 1.82) is 0 Å². The van der Waals surface area contributed by atoms with Crippen molar-refractivity contribution in [1.82, 2.24) is 4.90 Å². The Kier molecular flexibility index (Phi) is 5.50. The Hall–Kier alpha value is -1.66. The van der Waals surface area contributed by atoms with Gasteiger partial charge in [0.1, 0.15) is 28.5 Å². The number of ether oxygens (including phenoxy) is 2. The minimum atomic E-state index is -1.11. The third-order valence-corrected chi connectivity index (χ3v) is 4.19. The number of likely N-dealkylation sites (tertiary alicyclic amines) is 1. The molecule has 1 aromatic rings. The molecule has 0 radical (unpaired) electrons. The van der Waals surface area contributed by atoms with E-state index in [1.165, 1.54) is 0 Å². The van der Waals surface area contributed by atoms with E-state index in [9.17, 15) is 14.7 Å². The Labute approximate surface area is 150 Å². The molecule has 2 rings (SSSR count). The van der Waals surface area contributed by atoms with Crippen LogP contribution in [-0.2, 0) is 9.53 Å². The summed E-state index contributed by atoms with van der Waals surface area (Å²) < 4.78 is 11.0. The molecule has 132 valence electrons. The quantitative estimate of drug-likeness (QED) is 0.868. The number of rotatable bonds is 3. The number of carboxylic acid groups (broad SMARTS) is 1. The van der Waals surface area contributed by atoms with Gasteiger partial charge in [0.05, 0.1) is 11.6 Å². The maximum absolute atomic E-state index is 12.2. The van der Waals surface area contributed by atoms with Gasteiger partial charge in [-0.3, -0.25) is 4.90 Å². The van der Waals surface area contributed by atoms with Crippen molar-refractivity contribution >= 4 is 35.3 Å². The molecule has 1 N–H and O–H groups in total. The first-order chi connectivity index (χ1) is 11.1. The van der Waals surface area contributed by atoms with E-state index in [1.54, 1.807) is 39.0 Å². The summed E-state index contributed by atoms with van der Waals surface area (Å²) in [6.45, 7) is 5.25. The fraction of sp³-hybridized carbons (Fsp3) is 0.500. The summed E-state index contributed by atoms with van der Waals surface area (Å²) >= 11 is 12.0. The number of amides is 1. The van der Waals surface area contributed by atoms with Crippen molar-refractivity contribution in [2.24, 2.45) is 0 Å². The molecule has 1 saturated heterocycles. The molecule has 1 aliphatic rings. The second-order valence-corrected chi connectivity index (χ2v) is 7.30. The van der Waals surface area contributed by atoms with Gasteiger partial charge in [-0.2, -0.15) is 0 Å². The van der Waals surface area contributed by atoms with Crippen molar-refractivity contribution in [2.75, 3.05) is 6.54 Å². The minimum absolute atomic E-state index is 0.0920. The lowest BCUT2D eigenvalue weighted by molar-refractivity contribution is -0.142. The smallest absolute Gasteiger partial charge is 0.411 e. The van der Waals surface area contributed by atoms with E-state index in [2.05, 4.69) is 0 Å². The number of carbonyl (C=O) groups excluding carboxylic acids is 1. The molecule has 8 heteroatoms. The van der Waals surface area contributed by atoms with Gasteiger partial charge in [-0.1, -0.05) is 29.3 Å². The highest BCUT2D eigenvalue weighted by molar-refractivity contribution is 6.42. The van der Waals surface area contributed by atoms with Crippen LogP contribution >= 0.6 is 23.2 Å². The lowest BCUT2D eigenvalue weighted by atomic mass is 10.2. The number of hydrogen-bond donors (Lipinski definition) is 1. The summed E-state index contributed by atoms with van der Waals surface area (Å²) in [5, 5.41) is 9.95. The zero-order valence-corrected chi connectivity index (χ0v) is 15.1. The van der Waals surface area contributed by atoms with Crippen LogP contribution in [0.5, 0.6) is 5.75 Å². The Morgan fingerprint density at radius 2 is 1.96 bits per heavy atom. The van der Waals surface area contributed by atoms with Crippen LogP contribution in [0.25, 0.3) is 0 Å². The van der Waals surface area contributed by atoms with Crippen LogP contribution in [0.4, 0.5) is 4.79 Å². The van der Waals surface area contributed by atoms with Crippen molar-refractivity contribution < 1.29 is 24.2 Å². The van der Waals surface area contributed by atoms with Gasteiger partial charge >= 0.3 is 12.1 Å². The number of carboxylic acids is 1. The predicted octanol–water partition coefficient (Wildman–Crippen LogP) is 3.83.